The molecule has 36 heavy (non-hydrogen) atoms. The molecule has 1 aromatic heterocycles. The first-order chi connectivity index (χ1) is 17.3. The van der Waals surface area contributed by atoms with Gasteiger partial charge in [-0.25, -0.2) is 9.79 Å². The first-order valence-corrected chi connectivity index (χ1v) is 12.1. The molecular weight excluding hydrogens is 482 g/mol. The first kappa shape index (κ1) is 24.9. The second-order valence-corrected chi connectivity index (χ2v) is 8.90. The van der Waals surface area contributed by atoms with Crippen LogP contribution in [0.5, 0.6) is 0 Å². The fourth-order valence-corrected chi connectivity index (χ4v) is 4.79. The summed E-state index contributed by atoms with van der Waals surface area (Å²) < 4.78 is 7.07. The molecule has 0 aliphatic carbocycles. The van der Waals surface area contributed by atoms with E-state index < -0.39 is 16.8 Å². The number of aliphatic hydroxyl groups excluding tert-OH is 1. The number of carbonyl (C=O) groups is 2. The summed E-state index contributed by atoms with van der Waals surface area (Å²) in [5.41, 5.74) is 2.50. The minimum atomic E-state index is -0.742. The monoisotopic (exact) mass is 505 g/mol. The maximum absolute atomic E-state index is 12.5. The summed E-state index contributed by atoms with van der Waals surface area (Å²) in [4.78, 5) is 39.3. The zero-order chi connectivity index (χ0) is 25.8. The van der Waals surface area contributed by atoms with Crippen LogP contribution in [0.1, 0.15) is 31.4 Å². The van der Waals surface area contributed by atoms with Gasteiger partial charge in [0.05, 0.1) is 16.4 Å². The van der Waals surface area contributed by atoms with Crippen molar-refractivity contribution >= 4 is 51.3 Å². The number of thioether (sulfide) groups is 1. The van der Waals surface area contributed by atoms with E-state index in [9.17, 15) is 24.8 Å². The van der Waals surface area contributed by atoms with E-state index in [0.29, 0.717) is 11.4 Å². The number of para-hydroxylation sites is 1. The number of aliphatic hydroxyl groups is 1. The van der Waals surface area contributed by atoms with Gasteiger partial charge in [-0.05, 0) is 24.6 Å². The van der Waals surface area contributed by atoms with Gasteiger partial charge in [0.2, 0.25) is 5.91 Å². The molecule has 0 saturated carbocycles. The third-order valence-corrected chi connectivity index (χ3v) is 6.52. The highest BCUT2D eigenvalue weighted by Crippen LogP contribution is 2.40. The number of rotatable bonds is 7. The largest absolute Gasteiger partial charge is 0.506 e. The number of aliphatic imine (C=N–C) groups is 1. The fraction of sp³-hybridized carbons (Fsp3) is 0.192. The molecule has 3 aromatic rings. The van der Waals surface area contributed by atoms with Crippen molar-refractivity contribution in [2.75, 3.05) is 6.61 Å². The van der Waals surface area contributed by atoms with Crippen molar-refractivity contribution in [2.24, 2.45) is 4.99 Å². The van der Waals surface area contributed by atoms with Gasteiger partial charge in [0, 0.05) is 47.8 Å². The molecule has 10 heteroatoms. The van der Waals surface area contributed by atoms with Crippen LogP contribution in [0, 0.1) is 10.1 Å². The summed E-state index contributed by atoms with van der Waals surface area (Å²) in [6.07, 6.45) is 3.81. The molecule has 0 saturated heterocycles. The minimum absolute atomic E-state index is 0.0264. The van der Waals surface area contributed by atoms with Crippen LogP contribution in [0.2, 0.25) is 0 Å². The molecule has 184 valence electrons. The number of carbonyl (C=O) groups excluding carboxylic acids is 2. The first-order valence-electron chi connectivity index (χ1n) is 11.3. The Morgan fingerprint density at radius 3 is 2.56 bits per heavy atom. The molecule has 0 spiro atoms. The smallest absolute Gasteiger partial charge is 0.344 e. The summed E-state index contributed by atoms with van der Waals surface area (Å²) >= 11 is 1.04. The summed E-state index contributed by atoms with van der Waals surface area (Å²) in [5.74, 6) is -1.43. The number of nitro benzene ring substituents is 1. The molecule has 1 N–H and O–H groups in total. The highest BCUT2D eigenvalue weighted by atomic mass is 32.2. The van der Waals surface area contributed by atoms with Crippen molar-refractivity contribution in [3.8, 4) is 0 Å². The van der Waals surface area contributed by atoms with Crippen molar-refractivity contribution in [2.45, 2.75) is 26.8 Å². The van der Waals surface area contributed by atoms with Crippen LogP contribution in [0.25, 0.3) is 17.0 Å². The lowest BCUT2D eigenvalue weighted by molar-refractivity contribution is -0.384. The number of aromatic nitrogens is 1. The number of non-ortho nitro benzene ring substituents is 1. The molecule has 1 aliphatic heterocycles. The number of amides is 1. The molecular formula is C26H23N3O6S. The fourth-order valence-electron chi connectivity index (χ4n) is 3.77. The van der Waals surface area contributed by atoms with E-state index >= 15 is 0 Å². The highest BCUT2D eigenvalue weighted by Gasteiger charge is 2.33. The summed E-state index contributed by atoms with van der Waals surface area (Å²) in [7, 11) is 0. The molecule has 4 rings (SSSR count). The molecule has 0 atom stereocenters. The van der Waals surface area contributed by atoms with Gasteiger partial charge in [-0.2, -0.15) is 0 Å². The second-order valence-electron chi connectivity index (χ2n) is 7.87. The van der Waals surface area contributed by atoms with Gasteiger partial charge >= 0.3 is 5.97 Å². The van der Waals surface area contributed by atoms with Crippen LogP contribution in [0.4, 0.5) is 5.69 Å². The zero-order valence-electron chi connectivity index (χ0n) is 19.6. The molecule has 0 fully saturated rings. The van der Waals surface area contributed by atoms with Crippen molar-refractivity contribution in [1.29, 1.82) is 0 Å². The van der Waals surface area contributed by atoms with E-state index in [0.717, 1.165) is 33.8 Å². The van der Waals surface area contributed by atoms with Gasteiger partial charge in [-0.1, -0.05) is 49.0 Å². The molecule has 9 nitrogen and oxygen atoms in total. The van der Waals surface area contributed by atoms with E-state index in [-0.39, 0.29) is 35.1 Å². The third kappa shape index (κ3) is 5.08. The third-order valence-electron chi connectivity index (χ3n) is 5.51. The van der Waals surface area contributed by atoms with Crippen molar-refractivity contribution in [3.05, 3.63) is 92.2 Å². The van der Waals surface area contributed by atoms with Crippen molar-refractivity contribution in [1.82, 2.24) is 4.57 Å². The van der Waals surface area contributed by atoms with Crippen LogP contribution in [-0.4, -0.2) is 38.1 Å². The lowest BCUT2D eigenvalue weighted by Gasteiger charge is -2.05. The van der Waals surface area contributed by atoms with Gasteiger partial charge in [0.1, 0.15) is 16.4 Å². The van der Waals surface area contributed by atoms with Crippen LogP contribution < -0.4 is 0 Å². The average Bonchev–Trinajstić information content (AvgIpc) is 3.36. The topological polar surface area (TPSA) is 124 Å². The molecule has 2 heterocycles. The van der Waals surface area contributed by atoms with E-state index in [2.05, 4.69) is 4.99 Å². The Morgan fingerprint density at radius 1 is 1.17 bits per heavy atom. The Morgan fingerprint density at radius 2 is 1.89 bits per heavy atom. The predicted molar refractivity (Wildman–Crippen MR) is 139 cm³/mol. The quantitative estimate of drug-likeness (QED) is 0.259. The standard InChI is InChI=1S/C26H23N3O6S/c1-3-22(30)27-25-23(26(32)35-4-2)24(31)21(36-25)13-17-15-28(20-8-6-5-7-19(17)20)14-16-9-11-18(12-10-16)29(33)34/h5-13,15,31H,3-4,14H2,1-2H3/b21-13-,27-25?. The lowest BCUT2D eigenvalue weighted by atomic mass is 10.1. The van der Waals surface area contributed by atoms with Gasteiger partial charge in [-0.15, -0.1) is 0 Å². The van der Waals surface area contributed by atoms with E-state index in [4.69, 9.17) is 4.74 Å². The van der Waals surface area contributed by atoms with Gasteiger partial charge in [0.15, 0.2) is 0 Å². The average molecular weight is 506 g/mol. The normalized spacial score (nSPS) is 15.7. The highest BCUT2D eigenvalue weighted by molar-refractivity contribution is 8.18. The van der Waals surface area contributed by atoms with Gasteiger partial charge < -0.3 is 14.4 Å². The molecule has 1 amide bonds. The van der Waals surface area contributed by atoms with Crippen LogP contribution >= 0.6 is 11.8 Å². The Bertz CT molecular complexity index is 1450. The number of esters is 1. The minimum Gasteiger partial charge on any atom is -0.506 e. The summed E-state index contributed by atoms with van der Waals surface area (Å²) in [6.45, 7) is 3.91. The van der Waals surface area contributed by atoms with Gasteiger partial charge in [-0.3, -0.25) is 14.9 Å². The van der Waals surface area contributed by atoms with Crippen LogP contribution in [0.15, 0.2) is 76.0 Å². The number of nitrogens with zero attached hydrogens (tertiary/aromatic N) is 3. The number of fused-ring (bicyclic) bond motifs is 1. The Kier molecular flexibility index (Phi) is 7.35. The lowest BCUT2D eigenvalue weighted by Crippen LogP contribution is -2.14. The van der Waals surface area contributed by atoms with Crippen molar-refractivity contribution in [3.63, 3.8) is 0 Å². The molecule has 0 bridgehead atoms. The van der Waals surface area contributed by atoms with Crippen LogP contribution in [0.3, 0.4) is 0 Å². The number of hydrogen-bond donors (Lipinski definition) is 1. The Balaban J connectivity index is 1.75. The zero-order valence-corrected chi connectivity index (χ0v) is 20.4. The molecule has 0 unspecified atom stereocenters. The van der Waals surface area contributed by atoms with Crippen LogP contribution in [-0.2, 0) is 20.9 Å². The Labute approximate surface area is 210 Å². The summed E-state index contributed by atoms with van der Waals surface area (Å²) in [5, 5.41) is 22.9. The Hall–Kier alpha value is -4.18. The number of hydrogen-bond acceptors (Lipinski definition) is 7. The maximum Gasteiger partial charge on any atom is 0.344 e. The van der Waals surface area contributed by atoms with Gasteiger partial charge in [0.25, 0.3) is 5.69 Å². The second kappa shape index (κ2) is 10.6. The molecule has 2 aromatic carbocycles. The van der Waals surface area contributed by atoms with E-state index in [1.54, 1.807) is 32.1 Å². The molecule has 0 radical (unpaired) electrons. The van der Waals surface area contributed by atoms with E-state index in [1.165, 1.54) is 12.1 Å². The number of benzene rings is 2. The SMILES string of the molecule is CCOC(=O)C1=C(O)/C(=C/c2cn(Cc3ccc([N+](=O)[O-])cc3)c3ccccc23)SC1=NC(=O)CC. The predicted octanol–water partition coefficient (Wildman–Crippen LogP) is 5.40. The van der Waals surface area contributed by atoms with Crippen molar-refractivity contribution < 1.29 is 24.4 Å². The number of nitro groups is 1. The number of ether oxygens (including phenoxy) is 1. The maximum atomic E-state index is 12.5. The van der Waals surface area contributed by atoms with E-state index in [1.807, 2.05) is 35.0 Å². The molecule has 1 aliphatic rings. The summed E-state index contributed by atoms with van der Waals surface area (Å²) in [6, 6.07) is 14.1.